The number of hydrogen-bond acceptors (Lipinski definition) is 10. The average molecular weight is 666 g/mol. The maximum atomic E-state index is 13.6. The van der Waals surface area contributed by atoms with Crippen LogP contribution in [-0.4, -0.2) is 62.9 Å². The van der Waals surface area contributed by atoms with Crippen molar-refractivity contribution in [3.8, 4) is 5.00 Å². The van der Waals surface area contributed by atoms with Gasteiger partial charge in [-0.3, -0.25) is 33.5 Å². The van der Waals surface area contributed by atoms with Gasteiger partial charge in [0.2, 0.25) is 5.91 Å². The molecule has 46 heavy (non-hydrogen) atoms. The number of amides is 1. The van der Waals surface area contributed by atoms with Gasteiger partial charge in [-0.2, -0.15) is 0 Å². The Morgan fingerprint density at radius 3 is 2.46 bits per heavy atom. The SMILES string of the molecule is COC(=O)C[C@@H]1N=C(c2ccc(Cl)cc2)c2c(sc(C(=O)CCCCCCC(=O)NC3CCC(=O)CC3=O)c2C)-n2c(C)nnc21. The van der Waals surface area contributed by atoms with E-state index in [-0.39, 0.29) is 36.1 Å². The number of thiophene rings is 1. The standard InChI is InChI=1S/C33H36ClN5O6S/c1-18-29-30(20-10-12-21(34)13-11-20)36-24(17-28(44)45-3)32-38-37-19(2)39(32)33(29)46-31(18)25(41)8-6-4-5-7-9-27(43)35-23-15-14-22(40)16-26(23)42/h10-13,23-24H,4-9,14-17H2,1-3H3,(H,35,43)/t23?,24-/m0/s1. The molecule has 13 heteroatoms. The fraction of sp³-hybridized carbons (Fsp3) is 0.455. The van der Waals surface area contributed by atoms with Crippen molar-refractivity contribution in [2.24, 2.45) is 4.99 Å². The van der Waals surface area contributed by atoms with Crippen LogP contribution in [-0.2, 0) is 23.9 Å². The molecule has 0 radical (unpaired) electrons. The Bertz CT molecular complexity index is 1710. The summed E-state index contributed by atoms with van der Waals surface area (Å²) in [5.74, 6) is 0.238. The van der Waals surface area contributed by atoms with Gasteiger partial charge in [0.1, 0.15) is 22.7 Å². The molecule has 0 bridgehead atoms. The molecule has 1 amide bonds. The molecule has 1 aliphatic carbocycles. The fourth-order valence-corrected chi connectivity index (χ4v) is 7.32. The number of halogens is 1. The minimum absolute atomic E-state index is 0.0209. The molecule has 0 saturated heterocycles. The van der Waals surface area contributed by atoms with E-state index in [1.54, 1.807) is 12.1 Å². The summed E-state index contributed by atoms with van der Waals surface area (Å²) in [4.78, 5) is 67.3. The maximum Gasteiger partial charge on any atom is 0.308 e. The number of esters is 1. The molecule has 1 fully saturated rings. The van der Waals surface area contributed by atoms with Crippen LogP contribution in [0.5, 0.6) is 0 Å². The fourth-order valence-electron chi connectivity index (χ4n) is 5.86. The second-order valence-electron chi connectivity index (χ2n) is 11.6. The molecule has 1 unspecified atom stereocenters. The van der Waals surface area contributed by atoms with Crippen molar-refractivity contribution in [1.82, 2.24) is 20.1 Å². The number of aliphatic imine (C=N–C) groups is 1. The summed E-state index contributed by atoms with van der Waals surface area (Å²) < 4.78 is 6.83. The van der Waals surface area contributed by atoms with E-state index in [4.69, 9.17) is 21.3 Å². The van der Waals surface area contributed by atoms with Gasteiger partial charge in [-0.15, -0.1) is 21.5 Å². The molecule has 5 rings (SSSR count). The summed E-state index contributed by atoms with van der Waals surface area (Å²) in [6.07, 6.45) is 4.09. The van der Waals surface area contributed by atoms with Crippen molar-refractivity contribution >= 4 is 57.9 Å². The summed E-state index contributed by atoms with van der Waals surface area (Å²) in [7, 11) is 1.33. The Balaban J connectivity index is 1.28. The largest absolute Gasteiger partial charge is 0.469 e. The number of carbonyl (C=O) groups is 5. The number of Topliss-reactive ketones (excluding diaryl/α,β-unsaturated/α-hetero) is 3. The van der Waals surface area contributed by atoms with Crippen molar-refractivity contribution in [3.05, 3.63) is 62.5 Å². The van der Waals surface area contributed by atoms with Crippen LogP contribution in [0.4, 0.5) is 0 Å². The predicted molar refractivity (Wildman–Crippen MR) is 173 cm³/mol. The van der Waals surface area contributed by atoms with Crippen molar-refractivity contribution in [3.63, 3.8) is 0 Å². The first-order valence-corrected chi connectivity index (χ1v) is 16.6. The summed E-state index contributed by atoms with van der Waals surface area (Å²) in [6.45, 7) is 3.74. The average Bonchev–Trinajstić information content (AvgIpc) is 3.53. The highest BCUT2D eigenvalue weighted by Crippen LogP contribution is 2.40. The predicted octanol–water partition coefficient (Wildman–Crippen LogP) is 5.38. The van der Waals surface area contributed by atoms with Gasteiger partial charge >= 0.3 is 5.97 Å². The van der Waals surface area contributed by atoms with E-state index in [1.165, 1.54) is 18.4 Å². The van der Waals surface area contributed by atoms with Crippen molar-refractivity contribution < 1.29 is 28.7 Å². The Hall–Kier alpha value is -4.03. The molecule has 1 aromatic carbocycles. The molecule has 11 nitrogen and oxygen atoms in total. The number of nitrogens with one attached hydrogen (secondary N) is 1. The first-order chi connectivity index (χ1) is 22.1. The number of ether oxygens (including phenoxy) is 1. The van der Waals surface area contributed by atoms with Gasteiger partial charge in [0, 0.05) is 35.4 Å². The van der Waals surface area contributed by atoms with E-state index in [0.717, 1.165) is 34.5 Å². The van der Waals surface area contributed by atoms with Crippen LogP contribution in [0.3, 0.4) is 0 Å². The molecule has 242 valence electrons. The Labute approximate surface area is 275 Å². The molecular weight excluding hydrogens is 630 g/mol. The lowest BCUT2D eigenvalue weighted by molar-refractivity contribution is -0.141. The van der Waals surface area contributed by atoms with Gasteiger partial charge in [-0.05, 0) is 50.8 Å². The number of hydrogen-bond donors (Lipinski definition) is 1. The lowest BCUT2D eigenvalue weighted by Gasteiger charge is -2.20. The lowest BCUT2D eigenvalue weighted by atomic mass is 9.93. The number of nitrogens with zero attached hydrogens (tertiary/aromatic N) is 4. The van der Waals surface area contributed by atoms with Crippen LogP contribution in [0.15, 0.2) is 29.3 Å². The van der Waals surface area contributed by atoms with Gasteiger partial charge in [-0.1, -0.05) is 36.6 Å². The van der Waals surface area contributed by atoms with E-state index in [0.29, 0.717) is 65.8 Å². The molecular formula is C33H36ClN5O6S. The molecule has 1 aliphatic heterocycles. The second kappa shape index (κ2) is 14.6. The first-order valence-electron chi connectivity index (χ1n) is 15.4. The number of aromatic nitrogens is 3. The van der Waals surface area contributed by atoms with E-state index in [2.05, 4.69) is 15.5 Å². The smallest absolute Gasteiger partial charge is 0.308 e. The van der Waals surface area contributed by atoms with E-state index in [1.807, 2.05) is 30.5 Å². The van der Waals surface area contributed by atoms with Crippen LogP contribution in [0.2, 0.25) is 5.02 Å². The summed E-state index contributed by atoms with van der Waals surface area (Å²) in [5.41, 5.74) is 3.02. The Morgan fingerprint density at radius 2 is 1.76 bits per heavy atom. The van der Waals surface area contributed by atoms with Gasteiger partial charge in [-0.25, -0.2) is 0 Å². The van der Waals surface area contributed by atoms with Gasteiger partial charge in [0.15, 0.2) is 17.4 Å². The summed E-state index contributed by atoms with van der Waals surface area (Å²) in [6, 6.07) is 6.08. The number of ketones is 3. The normalized spacial score (nSPS) is 17.5. The Kier molecular flexibility index (Phi) is 10.6. The molecule has 2 aromatic heterocycles. The van der Waals surface area contributed by atoms with Crippen LogP contribution in [0, 0.1) is 13.8 Å². The van der Waals surface area contributed by atoms with Crippen molar-refractivity contribution in [2.75, 3.05) is 7.11 Å². The minimum Gasteiger partial charge on any atom is -0.469 e. The van der Waals surface area contributed by atoms with Crippen LogP contribution >= 0.6 is 22.9 Å². The third-order valence-electron chi connectivity index (χ3n) is 8.32. The zero-order valence-corrected chi connectivity index (χ0v) is 27.6. The third-order valence-corrected chi connectivity index (χ3v) is 9.89. The van der Waals surface area contributed by atoms with Crippen molar-refractivity contribution in [1.29, 1.82) is 0 Å². The van der Waals surface area contributed by atoms with Gasteiger partial charge < -0.3 is 10.1 Å². The molecule has 3 heterocycles. The highest BCUT2D eigenvalue weighted by Gasteiger charge is 2.34. The zero-order valence-electron chi connectivity index (χ0n) is 26.1. The molecule has 1 N–H and O–H groups in total. The van der Waals surface area contributed by atoms with E-state index in [9.17, 15) is 24.0 Å². The number of unbranched alkanes of at least 4 members (excludes halogenated alkanes) is 3. The molecule has 2 aliphatic rings. The number of carbonyl (C=O) groups excluding carboxylic acids is 5. The number of aryl methyl sites for hydroxylation is 1. The lowest BCUT2D eigenvalue weighted by Crippen LogP contribution is -2.44. The number of rotatable bonds is 12. The molecule has 0 spiro atoms. The topological polar surface area (TPSA) is 150 Å². The monoisotopic (exact) mass is 665 g/mol. The van der Waals surface area contributed by atoms with Crippen LogP contribution < -0.4 is 5.32 Å². The quantitative estimate of drug-likeness (QED) is 0.117. The maximum absolute atomic E-state index is 13.6. The number of fused-ring (bicyclic) bond motifs is 3. The van der Waals surface area contributed by atoms with Crippen LogP contribution in [0.25, 0.3) is 5.00 Å². The molecule has 1 saturated carbocycles. The van der Waals surface area contributed by atoms with Crippen LogP contribution in [0.1, 0.15) is 108 Å². The van der Waals surface area contributed by atoms with E-state index < -0.39 is 18.1 Å². The summed E-state index contributed by atoms with van der Waals surface area (Å²) >= 11 is 7.56. The number of methoxy groups -OCH3 is 1. The van der Waals surface area contributed by atoms with Gasteiger partial charge in [0.05, 0.1) is 36.6 Å². The Morgan fingerprint density at radius 1 is 1.04 bits per heavy atom. The highest BCUT2D eigenvalue weighted by molar-refractivity contribution is 7.17. The molecule has 2 atom stereocenters. The first kappa shape index (κ1) is 33.3. The zero-order chi connectivity index (χ0) is 33.0. The van der Waals surface area contributed by atoms with E-state index >= 15 is 0 Å². The number of benzene rings is 1. The third kappa shape index (κ3) is 7.33. The summed E-state index contributed by atoms with van der Waals surface area (Å²) in [5, 5.41) is 12.8. The van der Waals surface area contributed by atoms with Crippen molar-refractivity contribution in [2.45, 2.75) is 90.1 Å². The second-order valence-corrected chi connectivity index (χ2v) is 13.1. The molecule has 3 aromatic rings. The highest BCUT2D eigenvalue weighted by atomic mass is 35.5. The van der Waals surface area contributed by atoms with Gasteiger partial charge in [0.25, 0.3) is 0 Å². The minimum atomic E-state index is -0.646.